The third kappa shape index (κ3) is 4.60. The highest BCUT2D eigenvalue weighted by atomic mass is 16.5. The van der Waals surface area contributed by atoms with Gasteiger partial charge < -0.3 is 14.7 Å². The molecule has 148 valence electrons. The van der Waals surface area contributed by atoms with Gasteiger partial charge in [-0.3, -0.25) is 4.79 Å². The number of phenolic OH excluding ortho intramolecular Hbond substituents is 1. The minimum absolute atomic E-state index is 0.0708. The highest BCUT2D eigenvalue weighted by Crippen LogP contribution is 2.30. The van der Waals surface area contributed by atoms with Gasteiger partial charge in [-0.05, 0) is 54.7 Å². The first kappa shape index (κ1) is 19.1. The van der Waals surface area contributed by atoms with E-state index >= 15 is 0 Å². The normalized spacial score (nSPS) is 14.6. The second-order valence-corrected chi connectivity index (χ2v) is 7.42. The maximum Gasteiger partial charge on any atom is 0.254 e. The number of hydrogen-bond acceptors (Lipinski definition) is 3. The van der Waals surface area contributed by atoms with Crippen molar-refractivity contribution in [1.29, 1.82) is 0 Å². The summed E-state index contributed by atoms with van der Waals surface area (Å²) < 4.78 is 5.86. The molecule has 0 bridgehead atoms. The first-order valence-electron chi connectivity index (χ1n) is 10.0. The number of para-hydroxylation sites is 1. The Morgan fingerprint density at radius 3 is 2.28 bits per heavy atom. The molecule has 0 saturated carbocycles. The Labute approximate surface area is 171 Å². The monoisotopic (exact) mass is 387 g/mol. The van der Waals surface area contributed by atoms with Gasteiger partial charge in [0.05, 0.1) is 0 Å². The first-order chi connectivity index (χ1) is 14.2. The fraction of sp³-hybridized carbons (Fsp3) is 0.240. The molecule has 0 radical (unpaired) electrons. The van der Waals surface area contributed by atoms with Gasteiger partial charge >= 0.3 is 0 Å². The average molecular weight is 387 g/mol. The molecule has 29 heavy (non-hydrogen) atoms. The Kier molecular flexibility index (Phi) is 5.80. The molecule has 0 atom stereocenters. The molecule has 0 aromatic heterocycles. The Bertz CT molecular complexity index is 945. The number of amides is 1. The van der Waals surface area contributed by atoms with E-state index in [0.29, 0.717) is 18.1 Å². The molecule has 0 spiro atoms. The van der Waals surface area contributed by atoms with Crippen LogP contribution in [0.1, 0.15) is 40.2 Å². The molecular formula is C25H25NO3. The molecule has 0 unspecified atom stereocenters. The second-order valence-electron chi connectivity index (χ2n) is 7.42. The quantitative estimate of drug-likeness (QED) is 0.671. The molecule has 4 heteroatoms. The van der Waals surface area contributed by atoms with Crippen LogP contribution in [0.25, 0.3) is 0 Å². The molecule has 3 aromatic carbocycles. The molecule has 0 aliphatic carbocycles. The van der Waals surface area contributed by atoms with Crippen LogP contribution in [-0.4, -0.2) is 29.0 Å². The number of likely N-dealkylation sites (tertiary alicyclic amines) is 1. The standard InChI is InChI=1S/C25H25NO3/c27-22-12-10-19(11-13-22)20-14-16-26(17-15-20)25(28)24-9-5-4-6-21(24)18-29-23-7-2-1-3-8-23/h1-13,20,27H,14-18H2. The molecule has 1 saturated heterocycles. The second kappa shape index (κ2) is 8.82. The number of nitrogens with zero attached hydrogens (tertiary/aromatic N) is 1. The zero-order valence-electron chi connectivity index (χ0n) is 16.3. The molecule has 4 nitrogen and oxygen atoms in total. The van der Waals surface area contributed by atoms with Gasteiger partial charge in [0.25, 0.3) is 5.91 Å². The third-order valence-corrected chi connectivity index (χ3v) is 5.53. The highest BCUT2D eigenvalue weighted by molar-refractivity contribution is 5.95. The number of aromatic hydroxyl groups is 1. The predicted octanol–water partition coefficient (Wildman–Crippen LogP) is 4.99. The van der Waals surface area contributed by atoms with Crippen LogP contribution >= 0.6 is 0 Å². The van der Waals surface area contributed by atoms with Crippen molar-refractivity contribution in [3.05, 3.63) is 95.6 Å². The average Bonchev–Trinajstić information content (AvgIpc) is 2.79. The van der Waals surface area contributed by atoms with E-state index < -0.39 is 0 Å². The number of benzene rings is 3. The molecule has 1 heterocycles. The summed E-state index contributed by atoms with van der Waals surface area (Å²) in [5, 5.41) is 9.48. The largest absolute Gasteiger partial charge is 0.508 e. The lowest BCUT2D eigenvalue weighted by Gasteiger charge is -2.32. The fourth-order valence-corrected chi connectivity index (χ4v) is 3.87. The van der Waals surface area contributed by atoms with Crippen LogP contribution < -0.4 is 4.74 Å². The van der Waals surface area contributed by atoms with Gasteiger partial charge in [0, 0.05) is 24.2 Å². The minimum atomic E-state index is 0.0708. The van der Waals surface area contributed by atoms with E-state index in [1.807, 2.05) is 71.6 Å². The SMILES string of the molecule is O=C(c1ccccc1COc1ccccc1)N1CCC(c2ccc(O)cc2)CC1. The van der Waals surface area contributed by atoms with Crippen molar-refractivity contribution in [1.82, 2.24) is 4.90 Å². The van der Waals surface area contributed by atoms with Crippen molar-refractivity contribution in [3.63, 3.8) is 0 Å². The van der Waals surface area contributed by atoms with E-state index in [0.717, 1.165) is 37.2 Å². The number of rotatable bonds is 5. The van der Waals surface area contributed by atoms with Crippen LogP contribution in [0.4, 0.5) is 0 Å². The van der Waals surface area contributed by atoms with Crippen LogP contribution in [0, 0.1) is 0 Å². The van der Waals surface area contributed by atoms with Gasteiger partial charge in [-0.15, -0.1) is 0 Å². The van der Waals surface area contributed by atoms with E-state index in [-0.39, 0.29) is 11.7 Å². The Morgan fingerprint density at radius 1 is 0.897 bits per heavy atom. The number of hydrogen-bond donors (Lipinski definition) is 1. The zero-order valence-corrected chi connectivity index (χ0v) is 16.3. The summed E-state index contributed by atoms with van der Waals surface area (Å²) in [7, 11) is 0. The molecule has 1 fully saturated rings. The number of carbonyl (C=O) groups is 1. The van der Waals surface area contributed by atoms with Crippen molar-refractivity contribution >= 4 is 5.91 Å². The van der Waals surface area contributed by atoms with Crippen molar-refractivity contribution < 1.29 is 14.6 Å². The smallest absolute Gasteiger partial charge is 0.254 e. The predicted molar refractivity (Wildman–Crippen MR) is 113 cm³/mol. The van der Waals surface area contributed by atoms with Crippen LogP contribution in [-0.2, 0) is 6.61 Å². The minimum Gasteiger partial charge on any atom is -0.508 e. The fourth-order valence-electron chi connectivity index (χ4n) is 3.87. The van der Waals surface area contributed by atoms with Gasteiger partial charge in [-0.1, -0.05) is 48.5 Å². The van der Waals surface area contributed by atoms with E-state index in [2.05, 4.69) is 0 Å². The lowest BCUT2D eigenvalue weighted by Crippen LogP contribution is -2.38. The van der Waals surface area contributed by atoms with E-state index in [9.17, 15) is 9.90 Å². The molecular weight excluding hydrogens is 362 g/mol. The Hall–Kier alpha value is -3.27. The maximum absolute atomic E-state index is 13.2. The lowest BCUT2D eigenvalue weighted by molar-refractivity contribution is 0.0710. The Balaban J connectivity index is 1.40. The van der Waals surface area contributed by atoms with Crippen LogP contribution in [0.3, 0.4) is 0 Å². The van der Waals surface area contributed by atoms with Crippen LogP contribution in [0.2, 0.25) is 0 Å². The summed E-state index contributed by atoms with van der Waals surface area (Å²) in [6, 6.07) is 24.8. The van der Waals surface area contributed by atoms with E-state index in [4.69, 9.17) is 4.74 Å². The van der Waals surface area contributed by atoms with E-state index in [1.165, 1.54) is 5.56 Å². The van der Waals surface area contributed by atoms with Gasteiger partial charge in [0.15, 0.2) is 0 Å². The molecule has 1 amide bonds. The van der Waals surface area contributed by atoms with Gasteiger partial charge in [-0.25, -0.2) is 0 Å². The zero-order chi connectivity index (χ0) is 20.1. The van der Waals surface area contributed by atoms with Crippen LogP contribution in [0.5, 0.6) is 11.5 Å². The molecule has 4 rings (SSSR count). The third-order valence-electron chi connectivity index (χ3n) is 5.53. The summed E-state index contributed by atoms with van der Waals surface area (Å²) in [6.45, 7) is 1.84. The number of ether oxygens (including phenoxy) is 1. The molecule has 1 aliphatic rings. The molecule has 3 aromatic rings. The van der Waals surface area contributed by atoms with Crippen LogP contribution in [0.15, 0.2) is 78.9 Å². The summed E-state index contributed by atoms with van der Waals surface area (Å²) in [4.78, 5) is 15.1. The van der Waals surface area contributed by atoms with Crippen molar-refractivity contribution in [2.45, 2.75) is 25.4 Å². The summed E-state index contributed by atoms with van der Waals surface area (Å²) in [5.74, 6) is 1.58. The van der Waals surface area contributed by atoms with Crippen molar-refractivity contribution in [2.24, 2.45) is 0 Å². The summed E-state index contributed by atoms with van der Waals surface area (Å²) >= 11 is 0. The van der Waals surface area contributed by atoms with Gasteiger partial charge in [-0.2, -0.15) is 0 Å². The van der Waals surface area contributed by atoms with Gasteiger partial charge in [0.2, 0.25) is 0 Å². The highest BCUT2D eigenvalue weighted by Gasteiger charge is 2.25. The maximum atomic E-state index is 13.2. The van der Waals surface area contributed by atoms with Crippen molar-refractivity contribution in [2.75, 3.05) is 13.1 Å². The van der Waals surface area contributed by atoms with Crippen molar-refractivity contribution in [3.8, 4) is 11.5 Å². The molecule has 1 aliphatic heterocycles. The van der Waals surface area contributed by atoms with E-state index in [1.54, 1.807) is 12.1 Å². The van der Waals surface area contributed by atoms with Gasteiger partial charge in [0.1, 0.15) is 18.1 Å². The molecule has 1 N–H and O–H groups in total. The first-order valence-corrected chi connectivity index (χ1v) is 10.0. The summed E-state index contributed by atoms with van der Waals surface area (Å²) in [5.41, 5.74) is 2.85. The number of phenols is 1. The Morgan fingerprint density at radius 2 is 1.55 bits per heavy atom. The number of carbonyl (C=O) groups excluding carboxylic acids is 1. The topological polar surface area (TPSA) is 49.8 Å². The summed E-state index contributed by atoms with van der Waals surface area (Å²) in [6.07, 6.45) is 1.86. The number of piperidine rings is 1. The lowest BCUT2D eigenvalue weighted by atomic mass is 9.89.